The summed E-state index contributed by atoms with van der Waals surface area (Å²) in [7, 11) is -3.52. The Morgan fingerprint density at radius 2 is 1.79 bits per heavy atom. The molecule has 0 saturated carbocycles. The summed E-state index contributed by atoms with van der Waals surface area (Å²) in [5.74, 6) is -0.712. The quantitative estimate of drug-likeness (QED) is 0.714. The molecular formula is C20H24FN3O4S. The zero-order chi connectivity index (χ0) is 20.9. The van der Waals surface area contributed by atoms with Crippen molar-refractivity contribution in [2.24, 2.45) is 0 Å². The summed E-state index contributed by atoms with van der Waals surface area (Å²) >= 11 is 0. The molecule has 1 heterocycles. The Morgan fingerprint density at radius 3 is 2.45 bits per heavy atom. The Kier molecular flexibility index (Phi) is 6.83. The van der Waals surface area contributed by atoms with E-state index in [1.165, 1.54) is 18.2 Å². The maximum Gasteiger partial charge on any atom is 0.253 e. The number of ether oxygens (including phenoxy) is 1. The number of hydrogen-bond donors (Lipinski definition) is 2. The average Bonchev–Trinajstić information content (AvgIpc) is 2.69. The van der Waals surface area contributed by atoms with Crippen LogP contribution in [0.2, 0.25) is 0 Å². The Balaban J connectivity index is 1.77. The molecule has 1 aliphatic heterocycles. The number of hydrogen-bond acceptors (Lipinski definition) is 5. The van der Waals surface area contributed by atoms with E-state index in [-0.39, 0.29) is 29.7 Å². The van der Waals surface area contributed by atoms with E-state index in [0.717, 1.165) is 11.8 Å². The van der Waals surface area contributed by atoms with E-state index in [1.54, 1.807) is 30.3 Å². The van der Waals surface area contributed by atoms with Crippen LogP contribution in [-0.2, 0) is 14.8 Å². The van der Waals surface area contributed by atoms with Gasteiger partial charge in [-0.3, -0.25) is 14.4 Å². The van der Waals surface area contributed by atoms with Gasteiger partial charge >= 0.3 is 0 Å². The number of nitrogens with zero attached hydrogens (tertiary/aromatic N) is 1. The van der Waals surface area contributed by atoms with Crippen LogP contribution in [0.3, 0.4) is 0 Å². The van der Waals surface area contributed by atoms with Gasteiger partial charge in [0.05, 0.1) is 36.8 Å². The first-order valence-electron chi connectivity index (χ1n) is 9.26. The van der Waals surface area contributed by atoms with Crippen LogP contribution in [0.4, 0.5) is 10.1 Å². The number of benzene rings is 2. The van der Waals surface area contributed by atoms with E-state index < -0.39 is 15.9 Å². The lowest BCUT2D eigenvalue weighted by molar-refractivity contribution is 0.0162. The maximum atomic E-state index is 13.3. The minimum Gasteiger partial charge on any atom is -0.379 e. The second-order valence-corrected chi connectivity index (χ2v) is 8.59. The Hall–Kier alpha value is -2.49. The summed E-state index contributed by atoms with van der Waals surface area (Å²) in [5, 5.41) is 2.89. The molecule has 1 saturated heterocycles. The van der Waals surface area contributed by atoms with Gasteiger partial charge in [0, 0.05) is 19.6 Å². The predicted octanol–water partition coefficient (Wildman–Crippen LogP) is 2.00. The van der Waals surface area contributed by atoms with Gasteiger partial charge in [0.25, 0.3) is 5.91 Å². The van der Waals surface area contributed by atoms with Crippen molar-refractivity contribution < 1.29 is 22.3 Å². The fraction of sp³-hybridized carbons (Fsp3) is 0.350. The summed E-state index contributed by atoms with van der Waals surface area (Å²) < 4.78 is 44.3. The van der Waals surface area contributed by atoms with Gasteiger partial charge in [0.15, 0.2) is 0 Å². The number of carbonyl (C=O) groups is 1. The molecule has 7 nitrogen and oxygen atoms in total. The van der Waals surface area contributed by atoms with Crippen LogP contribution in [0.25, 0.3) is 0 Å². The third-order valence-corrected chi connectivity index (χ3v) is 5.25. The van der Waals surface area contributed by atoms with Crippen molar-refractivity contribution >= 4 is 21.6 Å². The van der Waals surface area contributed by atoms with Crippen LogP contribution in [0.15, 0.2) is 48.5 Å². The molecule has 2 N–H and O–H groups in total. The molecule has 0 spiro atoms. The molecule has 156 valence electrons. The number of para-hydroxylation sites is 1. The topological polar surface area (TPSA) is 87.7 Å². The third-order valence-electron chi connectivity index (χ3n) is 4.66. The highest BCUT2D eigenvalue weighted by Crippen LogP contribution is 2.22. The van der Waals surface area contributed by atoms with Crippen LogP contribution >= 0.6 is 0 Å². The van der Waals surface area contributed by atoms with Gasteiger partial charge in [-0.2, -0.15) is 0 Å². The van der Waals surface area contributed by atoms with Gasteiger partial charge < -0.3 is 10.1 Å². The predicted molar refractivity (Wildman–Crippen MR) is 109 cm³/mol. The van der Waals surface area contributed by atoms with E-state index in [9.17, 15) is 17.6 Å². The van der Waals surface area contributed by atoms with Gasteiger partial charge in [-0.1, -0.05) is 24.3 Å². The molecule has 9 heteroatoms. The van der Waals surface area contributed by atoms with E-state index >= 15 is 0 Å². The molecule has 0 bridgehead atoms. The Bertz CT molecular complexity index is 944. The number of amides is 1. The third kappa shape index (κ3) is 5.99. The number of morpholine rings is 1. The maximum absolute atomic E-state index is 13.3. The van der Waals surface area contributed by atoms with E-state index in [4.69, 9.17) is 4.74 Å². The monoisotopic (exact) mass is 421 g/mol. The molecule has 1 unspecified atom stereocenters. The van der Waals surface area contributed by atoms with Gasteiger partial charge in [-0.25, -0.2) is 12.8 Å². The minimum atomic E-state index is -3.52. The Labute approximate surface area is 169 Å². The van der Waals surface area contributed by atoms with Crippen molar-refractivity contribution in [2.45, 2.75) is 6.04 Å². The molecular weight excluding hydrogens is 397 g/mol. The summed E-state index contributed by atoms with van der Waals surface area (Å²) in [5.41, 5.74) is 1.34. The highest BCUT2D eigenvalue weighted by molar-refractivity contribution is 7.92. The number of sulfonamides is 1. The average molecular weight is 421 g/mol. The summed E-state index contributed by atoms with van der Waals surface area (Å²) in [6, 6.07) is 12.5. The van der Waals surface area contributed by atoms with E-state index in [0.29, 0.717) is 26.3 Å². The van der Waals surface area contributed by atoms with Crippen LogP contribution < -0.4 is 10.0 Å². The van der Waals surface area contributed by atoms with Crippen LogP contribution in [-0.4, -0.2) is 58.3 Å². The molecule has 3 rings (SSSR count). The van der Waals surface area contributed by atoms with Crippen molar-refractivity contribution in [1.29, 1.82) is 0 Å². The van der Waals surface area contributed by atoms with Crippen LogP contribution in [0, 0.1) is 5.82 Å². The molecule has 1 fully saturated rings. The number of nitrogens with one attached hydrogen (secondary N) is 2. The fourth-order valence-electron chi connectivity index (χ4n) is 3.29. The fourth-order valence-corrected chi connectivity index (χ4v) is 3.86. The first-order valence-corrected chi connectivity index (χ1v) is 11.1. The largest absolute Gasteiger partial charge is 0.379 e. The van der Waals surface area contributed by atoms with E-state index in [2.05, 4.69) is 14.9 Å². The van der Waals surface area contributed by atoms with Crippen molar-refractivity contribution in [3.63, 3.8) is 0 Å². The molecule has 2 aromatic carbocycles. The Morgan fingerprint density at radius 1 is 1.14 bits per heavy atom. The molecule has 1 aliphatic rings. The van der Waals surface area contributed by atoms with Gasteiger partial charge in [0.2, 0.25) is 10.0 Å². The van der Waals surface area contributed by atoms with Gasteiger partial charge in [0.1, 0.15) is 5.82 Å². The number of carbonyl (C=O) groups excluding carboxylic acids is 1. The second-order valence-electron chi connectivity index (χ2n) is 6.85. The van der Waals surface area contributed by atoms with Crippen molar-refractivity contribution in [1.82, 2.24) is 10.2 Å². The summed E-state index contributed by atoms with van der Waals surface area (Å²) in [6.45, 7) is 2.87. The normalized spacial score (nSPS) is 16.2. The number of halogens is 1. The van der Waals surface area contributed by atoms with E-state index in [1.807, 2.05) is 0 Å². The van der Waals surface area contributed by atoms with Gasteiger partial charge in [-0.15, -0.1) is 0 Å². The van der Waals surface area contributed by atoms with Gasteiger partial charge in [-0.05, 0) is 29.8 Å². The molecule has 1 amide bonds. The standard InChI is InChI=1S/C20H24FN3O4S/c1-29(26,27)23-18-5-3-2-4-17(18)20(25)22-14-19(24-10-12-28-13-11-24)15-6-8-16(21)9-7-15/h2-9,19,23H,10-14H2,1H3,(H,22,25). The second kappa shape index (κ2) is 9.34. The summed E-state index contributed by atoms with van der Waals surface area (Å²) in [6.07, 6.45) is 1.03. The summed E-state index contributed by atoms with van der Waals surface area (Å²) in [4.78, 5) is 15.0. The minimum absolute atomic E-state index is 0.154. The van der Waals surface area contributed by atoms with Crippen LogP contribution in [0.1, 0.15) is 22.0 Å². The molecule has 0 aliphatic carbocycles. The van der Waals surface area contributed by atoms with Crippen molar-refractivity contribution in [2.75, 3.05) is 43.8 Å². The zero-order valence-electron chi connectivity index (χ0n) is 16.1. The first kappa shape index (κ1) is 21.2. The molecule has 0 radical (unpaired) electrons. The highest BCUT2D eigenvalue weighted by Gasteiger charge is 2.24. The molecule has 0 aromatic heterocycles. The first-order chi connectivity index (χ1) is 13.8. The smallest absolute Gasteiger partial charge is 0.253 e. The highest BCUT2D eigenvalue weighted by atomic mass is 32.2. The lowest BCUT2D eigenvalue weighted by atomic mass is 10.0. The molecule has 1 atom stereocenters. The lowest BCUT2D eigenvalue weighted by Crippen LogP contribution is -2.43. The zero-order valence-corrected chi connectivity index (χ0v) is 16.9. The van der Waals surface area contributed by atoms with Crippen molar-refractivity contribution in [3.8, 4) is 0 Å². The lowest BCUT2D eigenvalue weighted by Gasteiger charge is -2.35. The number of anilines is 1. The number of rotatable bonds is 7. The molecule has 29 heavy (non-hydrogen) atoms. The molecule has 2 aromatic rings. The van der Waals surface area contributed by atoms with Crippen molar-refractivity contribution in [3.05, 3.63) is 65.5 Å². The SMILES string of the molecule is CS(=O)(=O)Nc1ccccc1C(=O)NCC(c1ccc(F)cc1)N1CCOCC1. The van der Waals surface area contributed by atoms with Crippen LogP contribution in [0.5, 0.6) is 0 Å².